The fourth-order valence-corrected chi connectivity index (χ4v) is 2.26. The Kier molecular flexibility index (Phi) is 3.62. The average molecular weight is 262 g/mol. The van der Waals surface area contributed by atoms with Crippen molar-refractivity contribution in [3.8, 4) is 6.07 Å². The predicted octanol–water partition coefficient (Wildman–Crippen LogP) is 3.46. The van der Waals surface area contributed by atoms with Crippen LogP contribution in [0.1, 0.15) is 11.1 Å². The highest BCUT2D eigenvalue weighted by Gasteiger charge is 2.06. The average Bonchev–Trinajstić information content (AvgIpc) is 2.32. The summed E-state index contributed by atoms with van der Waals surface area (Å²) in [5, 5.41) is 10.2. The van der Waals surface area contributed by atoms with Crippen LogP contribution >= 0.6 is 23.4 Å². The molecule has 5 heteroatoms. The maximum absolute atomic E-state index is 8.98. The fourth-order valence-electron chi connectivity index (χ4n) is 1.20. The van der Waals surface area contributed by atoms with Gasteiger partial charge in [0.25, 0.3) is 0 Å². The molecular weight excluding hydrogens is 254 g/mol. The highest BCUT2D eigenvalue weighted by molar-refractivity contribution is 7.99. The van der Waals surface area contributed by atoms with E-state index in [9.17, 15) is 0 Å². The number of halogens is 1. The zero-order valence-corrected chi connectivity index (χ0v) is 10.6. The van der Waals surface area contributed by atoms with E-state index >= 15 is 0 Å². The molecule has 17 heavy (non-hydrogen) atoms. The Labute approximate surface area is 108 Å². The molecule has 2 rings (SSSR count). The number of nitriles is 1. The number of hydrogen-bond acceptors (Lipinski definition) is 4. The zero-order valence-electron chi connectivity index (χ0n) is 9.01. The first-order valence-electron chi connectivity index (χ1n) is 4.85. The van der Waals surface area contributed by atoms with Crippen LogP contribution in [-0.4, -0.2) is 9.97 Å². The van der Waals surface area contributed by atoms with Crippen LogP contribution < -0.4 is 0 Å². The topological polar surface area (TPSA) is 49.6 Å². The molecule has 0 bridgehead atoms. The van der Waals surface area contributed by atoms with E-state index in [0.29, 0.717) is 15.7 Å². The SMILES string of the molecule is Cc1cnc(Sc2cc(Cl)ccc2C#N)nc1. The molecule has 0 N–H and O–H groups in total. The van der Waals surface area contributed by atoms with Crippen LogP contribution in [0.5, 0.6) is 0 Å². The lowest BCUT2D eigenvalue weighted by Gasteiger charge is -2.03. The Morgan fingerprint density at radius 3 is 2.65 bits per heavy atom. The third-order valence-electron chi connectivity index (χ3n) is 2.02. The van der Waals surface area contributed by atoms with Crippen molar-refractivity contribution in [3.63, 3.8) is 0 Å². The summed E-state index contributed by atoms with van der Waals surface area (Å²) in [5.41, 5.74) is 1.57. The van der Waals surface area contributed by atoms with Gasteiger partial charge in [-0.2, -0.15) is 5.26 Å². The predicted molar refractivity (Wildman–Crippen MR) is 67.1 cm³/mol. The largest absolute Gasteiger partial charge is 0.231 e. The van der Waals surface area contributed by atoms with Gasteiger partial charge in [0.15, 0.2) is 5.16 Å². The summed E-state index contributed by atoms with van der Waals surface area (Å²) in [7, 11) is 0. The molecule has 0 saturated carbocycles. The standard InChI is InChI=1S/C12H8ClN3S/c1-8-6-15-12(16-7-8)17-11-4-10(13)3-2-9(11)5-14/h2-4,6-7H,1H3. The summed E-state index contributed by atoms with van der Waals surface area (Å²) in [6.07, 6.45) is 3.48. The molecule has 0 fully saturated rings. The number of hydrogen-bond donors (Lipinski definition) is 0. The molecule has 0 saturated heterocycles. The van der Waals surface area contributed by atoms with Crippen molar-refractivity contribution in [2.24, 2.45) is 0 Å². The van der Waals surface area contributed by atoms with Crippen molar-refractivity contribution in [2.75, 3.05) is 0 Å². The highest BCUT2D eigenvalue weighted by atomic mass is 35.5. The number of benzene rings is 1. The Hall–Kier alpha value is -1.57. The van der Waals surface area contributed by atoms with E-state index in [0.717, 1.165) is 10.5 Å². The van der Waals surface area contributed by atoms with Crippen LogP contribution in [0, 0.1) is 18.3 Å². The maximum atomic E-state index is 8.98. The van der Waals surface area contributed by atoms with Crippen LogP contribution in [-0.2, 0) is 0 Å². The van der Waals surface area contributed by atoms with Crippen molar-refractivity contribution < 1.29 is 0 Å². The van der Waals surface area contributed by atoms with Gasteiger partial charge in [-0.3, -0.25) is 0 Å². The van der Waals surface area contributed by atoms with Crippen LogP contribution in [0.3, 0.4) is 0 Å². The van der Waals surface area contributed by atoms with E-state index in [-0.39, 0.29) is 0 Å². The van der Waals surface area contributed by atoms with Gasteiger partial charge in [-0.15, -0.1) is 0 Å². The number of aromatic nitrogens is 2. The molecule has 0 unspecified atom stereocenters. The van der Waals surface area contributed by atoms with Crippen molar-refractivity contribution in [2.45, 2.75) is 17.0 Å². The molecule has 0 aliphatic heterocycles. The molecule has 1 aromatic heterocycles. The van der Waals surface area contributed by atoms with E-state index < -0.39 is 0 Å². The van der Waals surface area contributed by atoms with Gasteiger partial charge in [0.2, 0.25) is 0 Å². The minimum absolute atomic E-state index is 0.573. The van der Waals surface area contributed by atoms with Crippen LogP contribution in [0.15, 0.2) is 40.6 Å². The zero-order chi connectivity index (χ0) is 12.3. The van der Waals surface area contributed by atoms with Gasteiger partial charge in [0, 0.05) is 22.3 Å². The van der Waals surface area contributed by atoms with E-state index in [1.807, 2.05) is 6.92 Å². The first kappa shape index (κ1) is 11.9. The van der Waals surface area contributed by atoms with Crippen molar-refractivity contribution in [1.82, 2.24) is 9.97 Å². The second kappa shape index (κ2) is 5.17. The van der Waals surface area contributed by atoms with E-state index in [2.05, 4.69) is 16.0 Å². The van der Waals surface area contributed by atoms with Gasteiger partial charge < -0.3 is 0 Å². The van der Waals surface area contributed by atoms with Crippen molar-refractivity contribution >= 4 is 23.4 Å². The first-order chi connectivity index (χ1) is 8.19. The Bertz CT molecular complexity index is 575. The van der Waals surface area contributed by atoms with Crippen molar-refractivity contribution in [1.29, 1.82) is 5.26 Å². The minimum atomic E-state index is 0.573. The summed E-state index contributed by atoms with van der Waals surface area (Å²) >= 11 is 7.23. The Morgan fingerprint density at radius 2 is 2.00 bits per heavy atom. The third kappa shape index (κ3) is 2.96. The molecule has 84 valence electrons. The molecule has 0 spiro atoms. The molecule has 3 nitrogen and oxygen atoms in total. The van der Waals surface area contributed by atoms with Gasteiger partial charge in [-0.05, 0) is 42.4 Å². The number of aryl methyl sites for hydroxylation is 1. The lowest BCUT2D eigenvalue weighted by molar-refractivity contribution is 0.950. The van der Waals surface area contributed by atoms with Crippen LogP contribution in [0.4, 0.5) is 0 Å². The van der Waals surface area contributed by atoms with E-state index in [4.69, 9.17) is 16.9 Å². The first-order valence-corrected chi connectivity index (χ1v) is 6.04. The quantitative estimate of drug-likeness (QED) is 0.777. The van der Waals surface area contributed by atoms with E-state index in [1.54, 1.807) is 30.6 Å². The molecule has 0 amide bonds. The molecule has 0 aliphatic rings. The smallest absolute Gasteiger partial charge is 0.192 e. The van der Waals surface area contributed by atoms with Gasteiger partial charge in [0.05, 0.1) is 5.56 Å². The maximum Gasteiger partial charge on any atom is 0.192 e. The fraction of sp³-hybridized carbons (Fsp3) is 0.0833. The van der Waals surface area contributed by atoms with Gasteiger partial charge in [-0.1, -0.05) is 11.6 Å². The lowest BCUT2D eigenvalue weighted by Crippen LogP contribution is -1.88. The molecule has 1 aromatic carbocycles. The van der Waals surface area contributed by atoms with Crippen molar-refractivity contribution in [3.05, 3.63) is 46.7 Å². The monoisotopic (exact) mass is 261 g/mol. The summed E-state index contributed by atoms with van der Waals surface area (Å²) in [6, 6.07) is 7.25. The van der Waals surface area contributed by atoms with Gasteiger partial charge in [0.1, 0.15) is 6.07 Å². The van der Waals surface area contributed by atoms with Crippen LogP contribution in [0.2, 0.25) is 5.02 Å². The Balaban J connectivity index is 2.32. The Morgan fingerprint density at radius 1 is 1.29 bits per heavy atom. The summed E-state index contributed by atoms with van der Waals surface area (Å²) in [5.74, 6) is 0. The van der Waals surface area contributed by atoms with Crippen LogP contribution in [0.25, 0.3) is 0 Å². The third-order valence-corrected chi connectivity index (χ3v) is 3.21. The molecule has 0 aliphatic carbocycles. The van der Waals surface area contributed by atoms with Gasteiger partial charge >= 0.3 is 0 Å². The molecule has 1 heterocycles. The molecule has 2 aromatic rings. The normalized spacial score (nSPS) is 9.94. The molecule has 0 radical (unpaired) electrons. The summed E-state index contributed by atoms with van der Waals surface area (Å²) < 4.78 is 0. The molecule has 0 atom stereocenters. The van der Waals surface area contributed by atoms with E-state index in [1.165, 1.54) is 11.8 Å². The number of rotatable bonds is 2. The summed E-state index contributed by atoms with van der Waals surface area (Å²) in [4.78, 5) is 9.12. The molecular formula is C12H8ClN3S. The second-order valence-corrected chi connectivity index (χ2v) is 4.84. The minimum Gasteiger partial charge on any atom is -0.231 e. The van der Waals surface area contributed by atoms with Gasteiger partial charge in [-0.25, -0.2) is 9.97 Å². The number of nitrogens with zero attached hydrogens (tertiary/aromatic N) is 3. The second-order valence-electron chi connectivity index (χ2n) is 3.40. The highest BCUT2D eigenvalue weighted by Crippen LogP contribution is 2.29. The lowest BCUT2D eigenvalue weighted by atomic mass is 10.2. The summed E-state index contributed by atoms with van der Waals surface area (Å²) in [6.45, 7) is 1.93.